The van der Waals surface area contributed by atoms with E-state index >= 15 is 0 Å². The molecule has 0 saturated heterocycles. The zero-order valence-corrected chi connectivity index (χ0v) is 17.0. The summed E-state index contributed by atoms with van der Waals surface area (Å²) in [4.78, 5) is 35.4. The van der Waals surface area contributed by atoms with E-state index in [0.29, 0.717) is 5.56 Å². The van der Waals surface area contributed by atoms with Gasteiger partial charge in [-0.3, -0.25) is 14.4 Å². The molecular weight excluding hydrogens is 372 g/mol. The Hall–Kier alpha value is -3.35. The summed E-state index contributed by atoms with van der Waals surface area (Å²) in [7, 11) is 0. The Balaban J connectivity index is 2.28. The van der Waals surface area contributed by atoms with E-state index in [9.17, 15) is 19.5 Å². The van der Waals surface area contributed by atoms with E-state index < -0.39 is 17.8 Å². The third-order valence-electron chi connectivity index (χ3n) is 4.32. The van der Waals surface area contributed by atoms with E-state index in [4.69, 9.17) is 5.11 Å². The number of phenols is 1. The number of carbonyl (C=O) groups is 3. The van der Waals surface area contributed by atoms with Gasteiger partial charge in [0.2, 0.25) is 5.91 Å². The second kappa shape index (κ2) is 8.77. The van der Waals surface area contributed by atoms with Crippen molar-refractivity contribution in [2.24, 2.45) is 0 Å². The van der Waals surface area contributed by atoms with Gasteiger partial charge in [-0.1, -0.05) is 39.0 Å². The highest BCUT2D eigenvalue weighted by atomic mass is 16.4. The van der Waals surface area contributed by atoms with E-state index in [1.807, 2.05) is 33.8 Å². The number of aryl methyl sites for hydroxylation is 1. The van der Waals surface area contributed by atoms with E-state index in [1.165, 1.54) is 0 Å². The lowest BCUT2D eigenvalue weighted by atomic mass is 9.85. The van der Waals surface area contributed by atoms with Crippen LogP contribution in [-0.2, 0) is 15.0 Å². The highest BCUT2D eigenvalue weighted by Crippen LogP contribution is 2.37. The fourth-order valence-electron chi connectivity index (χ4n) is 2.86. The van der Waals surface area contributed by atoms with Crippen molar-refractivity contribution in [1.29, 1.82) is 0 Å². The van der Waals surface area contributed by atoms with Gasteiger partial charge in [0.15, 0.2) is 0 Å². The number of rotatable bonds is 6. The van der Waals surface area contributed by atoms with Crippen LogP contribution in [0, 0.1) is 6.92 Å². The lowest BCUT2D eigenvalue weighted by Crippen LogP contribution is -2.19. The predicted octanol–water partition coefficient (Wildman–Crippen LogP) is 4.05. The van der Waals surface area contributed by atoms with Crippen LogP contribution in [0.5, 0.6) is 5.75 Å². The SMILES string of the molecule is Cc1cc(NC(=O)c2ccccc2NC(=O)CCC(=O)O)c(O)c(C(C)(C)C)c1. The second-order valence-corrected chi connectivity index (χ2v) is 7.90. The van der Waals surface area contributed by atoms with Gasteiger partial charge >= 0.3 is 5.97 Å². The number of anilines is 2. The van der Waals surface area contributed by atoms with Gasteiger partial charge in [-0.15, -0.1) is 0 Å². The zero-order chi connectivity index (χ0) is 21.8. The quantitative estimate of drug-likeness (QED) is 0.548. The van der Waals surface area contributed by atoms with Gasteiger partial charge in [0.25, 0.3) is 5.91 Å². The van der Waals surface area contributed by atoms with Crippen LogP contribution in [0.25, 0.3) is 0 Å². The molecule has 2 aromatic rings. The number of hydrogen-bond donors (Lipinski definition) is 4. The maximum atomic E-state index is 12.8. The third-order valence-corrected chi connectivity index (χ3v) is 4.32. The Kier molecular flexibility index (Phi) is 6.64. The average molecular weight is 398 g/mol. The lowest BCUT2D eigenvalue weighted by molar-refractivity contribution is -0.138. The Labute approximate surface area is 169 Å². The fraction of sp³-hybridized carbons (Fsp3) is 0.318. The van der Waals surface area contributed by atoms with Crippen LogP contribution in [-0.4, -0.2) is 28.0 Å². The van der Waals surface area contributed by atoms with Crippen LogP contribution in [0.15, 0.2) is 36.4 Å². The molecule has 0 aliphatic heterocycles. The van der Waals surface area contributed by atoms with Crippen molar-refractivity contribution in [1.82, 2.24) is 0 Å². The predicted molar refractivity (Wildman–Crippen MR) is 111 cm³/mol. The van der Waals surface area contributed by atoms with Crippen LogP contribution in [0.2, 0.25) is 0 Å². The molecule has 0 heterocycles. The number of hydrogen-bond acceptors (Lipinski definition) is 4. The van der Waals surface area contributed by atoms with E-state index in [1.54, 1.807) is 30.3 Å². The molecule has 7 nitrogen and oxygen atoms in total. The molecule has 0 atom stereocenters. The summed E-state index contributed by atoms with van der Waals surface area (Å²) >= 11 is 0. The number of phenolic OH excluding ortho intramolecular Hbond substituents is 1. The number of para-hydroxylation sites is 1. The highest BCUT2D eigenvalue weighted by molar-refractivity contribution is 6.10. The standard InChI is InChI=1S/C22H26N2O5/c1-13-11-15(22(2,3)4)20(28)17(12-13)24-21(29)14-7-5-6-8-16(14)23-18(25)9-10-19(26)27/h5-8,11-12,28H,9-10H2,1-4H3,(H,23,25)(H,24,29)(H,26,27). The minimum atomic E-state index is -1.07. The number of aromatic hydroxyl groups is 1. The largest absolute Gasteiger partial charge is 0.505 e. The summed E-state index contributed by atoms with van der Waals surface area (Å²) in [6.07, 6.45) is -0.494. The topological polar surface area (TPSA) is 116 Å². The van der Waals surface area contributed by atoms with Crippen LogP contribution in [0.3, 0.4) is 0 Å². The van der Waals surface area contributed by atoms with Crippen molar-refractivity contribution in [2.75, 3.05) is 10.6 Å². The monoisotopic (exact) mass is 398 g/mol. The van der Waals surface area contributed by atoms with Crippen molar-refractivity contribution in [2.45, 2.75) is 46.0 Å². The van der Waals surface area contributed by atoms with Crippen LogP contribution in [0.1, 0.15) is 55.1 Å². The average Bonchev–Trinajstić information content (AvgIpc) is 2.62. The number of aliphatic carboxylic acids is 1. The van der Waals surface area contributed by atoms with Gasteiger partial charge in [-0.2, -0.15) is 0 Å². The van der Waals surface area contributed by atoms with E-state index in [-0.39, 0.29) is 40.9 Å². The molecule has 0 unspecified atom stereocenters. The first kappa shape index (κ1) is 21.9. The Bertz CT molecular complexity index is 945. The van der Waals surface area contributed by atoms with Crippen molar-refractivity contribution >= 4 is 29.2 Å². The number of carboxylic acids is 1. The van der Waals surface area contributed by atoms with Gasteiger partial charge in [0.1, 0.15) is 5.75 Å². The molecule has 0 spiro atoms. The highest BCUT2D eigenvalue weighted by Gasteiger charge is 2.22. The molecule has 4 N–H and O–H groups in total. The third kappa shape index (κ3) is 5.81. The molecule has 2 rings (SSSR count). The molecule has 154 valence electrons. The number of amides is 2. The zero-order valence-electron chi connectivity index (χ0n) is 17.0. The first-order valence-corrected chi connectivity index (χ1v) is 9.25. The number of carbonyl (C=O) groups excluding carboxylic acids is 2. The Morgan fingerprint density at radius 3 is 2.24 bits per heavy atom. The maximum absolute atomic E-state index is 12.8. The molecule has 29 heavy (non-hydrogen) atoms. The fourth-order valence-corrected chi connectivity index (χ4v) is 2.86. The molecule has 0 aliphatic rings. The van der Waals surface area contributed by atoms with Gasteiger partial charge < -0.3 is 20.8 Å². The first-order chi connectivity index (χ1) is 13.5. The molecule has 0 radical (unpaired) electrons. The molecule has 0 bridgehead atoms. The molecule has 2 aromatic carbocycles. The molecule has 7 heteroatoms. The Morgan fingerprint density at radius 2 is 1.62 bits per heavy atom. The van der Waals surface area contributed by atoms with Crippen molar-refractivity contribution in [3.63, 3.8) is 0 Å². The Morgan fingerprint density at radius 1 is 0.966 bits per heavy atom. The van der Waals surface area contributed by atoms with Crippen molar-refractivity contribution < 1.29 is 24.6 Å². The first-order valence-electron chi connectivity index (χ1n) is 9.25. The number of carboxylic acid groups (broad SMARTS) is 1. The molecule has 2 amide bonds. The molecule has 0 aromatic heterocycles. The van der Waals surface area contributed by atoms with E-state index in [2.05, 4.69) is 10.6 Å². The summed E-state index contributed by atoms with van der Waals surface area (Å²) in [5.74, 6) is -2.07. The van der Waals surface area contributed by atoms with Crippen LogP contribution >= 0.6 is 0 Å². The molecule has 0 fully saturated rings. The normalized spacial score (nSPS) is 11.0. The molecular formula is C22H26N2O5. The van der Waals surface area contributed by atoms with Crippen LogP contribution in [0.4, 0.5) is 11.4 Å². The van der Waals surface area contributed by atoms with Crippen molar-refractivity contribution in [3.8, 4) is 5.75 Å². The summed E-state index contributed by atoms with van der Waals surface area (Å²) in [6.45, 7) is 7.78. The maximum Gasteiger partial charge on any atom is 0.303 e. The van der Waals surface area contributed by atoms with Gasteiger partial charge in [0, 0.05) is 12.0 Å². The smallest absolute Gasteiger partial charge is 0.303 e. The summed E-state index contributed by atoms with van der Waals surface area (Å²) in [5, 5.41) is 24.6. The minimum absolute atomic E-state index is 0.000533. The lowest BCUT2D eigenvalue weighted by Gasteiger charge is -2.23. The summed E-state index contributed by atoms with van der Waals surface area (Å²) in [5.41, 5.74) is 2.04. The second-order valence-electron chi connectivity index (χ2n) is 7.90. The van der Waals surface area contributed by atoms with Gasteiger partial charge in [0.05, 0.1) is 23.4 Å². The van der Waals surface area contributed by atoms with Crippen LogP contribution < -0.4 is 10.6 Å². The van der Waals surface area contributed by atoms with Crippen molar-refractivity contribution in [3.05, 3.63) is 53.1 Å². The minimum Gasteiger partial charge on any atom is -0.505 e. The summed E-state index contributed by atoms with van der Waals surface area (Å²) in [6, 6.07) is 9.96. The van der Waals surface area contributed by atoms with E-state index in [0.717, 1.165) is 5.56 Å². The van der Waals surface area contributed by atoms with Gasteiger partial charge in [-0.05, 0) is 36.1 Å². The molecule has 0 saturated carbocycles. The van der Waals surface area contributed by atoms with Gasteiger partial charge in [-0.25, -0.2) is 0 Å². The molecule has 0 aliphatic carbocycles. The number of benzene rings is 2. The summed E-state index contributed by atoms with van der Waals surface area (Å²) < 4.78 is 0. The number of nitrogens with one attached hydrogen (secondary N) is 2.